The number of nitrogens with one attached hydrogen (secondary N) is 1. The van der Waals surface area contributed by atoms with Gasteiger partial charge in [0, 0.05) is 24.1 Å². The van der Waals surface area contributed by atoms with Crippen molar-refractivity contribution < 1.29 is 9.90 Å². The first-order valence-corrected chi connectivity index (χ1v) is 8.23. The van der Waals surface area contributed by atoms with E-state index in [9.17, 15) is 4.79 Å². The molecular formula is C18H23N3O2. The molecule has 0 saturated heterocycles. The number of H-pyrrole nitrogens is 1. The molecule has 1 aromatic carbocycles. The fourth-order valence-corrected chi connectivity index (χ4v) is 3.21. The Hall–Kier alpha value is -2.30. The van der Waals surface area contributed by atoms with Gasteiger partial charge in [0.25, 0.3) is 0 Å². The quantitative estimate of drug-likeness (QED) is 0.702. The molecule has 23 heavy (non-hydrogen) atoms. The van der Waals surface area contributed by atoms with Crippen LogP contribution in [0.3, 0.4) is 0 Å². The van der Waals surface area contributed by atoms with Crippen LogP contribution in [0.5, 0.6) is 0 Å². The molecule has 1 aliphatic carbocycles. The molecule has 122 valence electrons. The minimum absolute atomic E-state index is 0.277. The molecule has 0 radical (unpaired) electrons. The molecule has 1 aliphatic rings. The monoisotopic (exact) mass is 313 g/mol. The maximum Gasteiger partial charge on any atom is 0.335 e. The third kappa shape index (κ3) is 3.38. The molecule has 0 unspecified atom stereocenters. The Kier molecular flexibility index (Phi) is 4.37. The van der Waals surface area contributed by atoms with Crippen molar-refractivity contribution in [1.29, 1.82) is 0 Å². The standard InChI is InChI=1S/C11H9N3O2.C7H14/c1-14-5-9-10(13-14)7-4-6(11(15)16)2-3-8(7)12-9;1-7-5-3-2-4-6-7/h2-5,12H,1H3,(H,15,16);7H,2-6H2,1H3. The lowest BCUT2D eigenvalue weighted by molar-refractivity contribution is 0.0697. The van der Waals surface area contributed by atoms with Crippen LogP contribution in [0.4, 0.5) is 0 Å². The number of benzene rings is 1. The summed E-state index contributed by atoms with van der Waals surface area (Å²) in [5.74, 6) is 0.112. The fraction of sp³-hybridized carbons (Fsp3) is 0.444. The van der Waals surface area contributed by atoms with Gasteiger partial charge in [0.05, 0.1) is 11.1 Å². The van der Waals surface area contributed by atoms with E-state index >= 15 is 0 Å². The molecule has 0 bridgehead atoms. The molecule has 2 N–H and O–H groups in total. The molecular weight excluding hydrogens is 290 g/mol. The number of aromatic amines is 1. The lowest BCUT2D eigenvalue weighted by Gasteiger charge is -2.15. The van der Waals surface area contributed by atoms with Crippen molar-refractivity contribution >= 4 is 27.9 Å². The van der Waals surface area contributed by atoms with Gasteiger partial charge in [0.2, 0.25) is 0 Å². The lowest BCUT2D eigenvalue weighted by Crippen LogP contribution is -1.99. The number of hydrogen-bond donors (Lipinski definition) is 2. The van der Waals surface area contributed by atoms with E-state index in [0.717, 1.165) is 27.9 Å². The number of fused-ring (bicyclic) bond motifs is 3. The highest BCUT2D eigenvalue weighted by molar-refractivity contribution is 6.07. The molecule has 2 heterocycles. The first-order chi connectivity index (χ1) is 11.0. The number of aromatic nitrogens is 3. The van der Waals surface area contributed by atoms with Crippen molar-refractivity contribution in [3.8, 4) is 0 Å². The summed E-state index contributed by atoms with van der Waals surface area (Å²) in [7, 11) is 1.83. The molecule has 5 nitrogen and oxygen atoms in total. The summed E-state index contributed by atoms with van der Waals surface area (Å²) >= 11 is 0. The van der Waals surface area contributed by atoms with Crippen LogP contribution < -0.4 is 0 Å². The number of carbonyl (C=O) groups is 1. The minimum Gasteiger partial charge on any atom is -0.478 e. The number of nitrogens with zero attached hydrogens (tertiary/aromatic N) is 2. The average Bonchev–Trinajstić information content (AvgIpc) is 3.04. The third-order valence-corrected chi connectivity index (χ3v) is 4.51. The third-order valence-electron chi connectivity index (χ3n) is 4.51. The van der Waals surface area contributed by atoms with Gasteiger partial charge < -0.3 is 10.1 Å². The van der Waals surface area contributed by atoms with E-state index in [1.54, 1.807) is 22.9 Å². The number of carboxylic acids is 1. The van der Waals surface area contributed by atoms with Crippen LogP contribution in [0.25, 0.3) is 21.9 Å². The summed E-state index contributed by atoms with van der Waals surface area (Å²) in [6.07, 6.45) is 9.31. The lowest BCUT2D eigenvalue weighted by atomic mass is 9.91. The normalized spacial score (nSPS) is 15.6. The number of rotatable bonds is 1. The topological polar surface area (TPSA) is 70.9 Å². The second-order valence-corrected chi connectivity index (χ2v) is 6.50. The summed E-state index contributed by atoms with van der Waals surface area (Å²) in [5, 5.41) is 14.1. The van der Waals surface area contributed by atoms with Crippen LogP contribution in [0.1, 0.15) is 49.4 Å². The summed E-state index contributed by atoms with van der Waals surface area (Å²) in [6.45, 7) is 2.36. The Bertz CT molecular complexity index is 825. The second kappa shape index (κ2) is 6.44. The molecule has 4 rings (SSSR count). The highest BCUT2D eigenvalue weighted by Crippen LogP contribution is 2.24. The Morgan fingerprint density at radius 1 is 1.26 bits per heavy atom. The molecule has 5 heteroatoms. The molecule has 1 saturated carbocycles. The molecule has 0 spiro atoms. The van der Waals surface area contributed by atoms with E-state index in [0.29, 0.717) is 0 Å². The predicted molar refractivity (Wildman–Crippen MR) is 91.8 cm³/mol. The smallest absolute Gasteiger partial charge is 0.335 e. The number of aryl methyl sites for hydroxylation is 1. The Morgan fingerprint density at radius 3 is 2.61 bits per heavy atom. The van der Waals surface area contributed by atoms with E-state index in [2.05, 4.69) is 17.0 Å². The zero-order valence-corrected chi connectivity index (χ0v) is 13.7. The average molecular weight is 313 g/mol. The second-order valence-electron chi connectivity index (χ2n) is 6.50. The van der Waals surface area contributed by atoms with Gasteiger partial charge in [-0.3, -0.25) is 4.68 Å². The number of hydrogen-bond acceptors (Lipinski definition) is 2. The van der Waals surface area contributed by atoms with Crippen LogP contribution in [0, 0.1) is 5.92 Å². The minimum atomic E-state index is -0.924. The van der Waals surface area contributed by atoms with E-state index < -0.39 is 5.97 Å². The largest absolute Gasteiger partial charge is 0.478 e. The van der Waals surface area contributed by atoms with Gasteiger partial charge in [0.15, 0.2) is 0 Å². The van der Waals surface area contributed by atoms with Crippen molar-refractivity contribution in [2.24, 2.45) is 13.0 Å². The van der Waals surface area contributed by atoms with E-state index in [4.69, 9.17) is 5.11 Å². The van der Waals surface area contributed by atoms with Crippen molar-refractivity contribution in [1.82, 2.24) is 14.8 Å². The SMILES string of the molecule is CC1CCCCC1.Cn1cc2[nH]c3ccc(C(=O)O)cc3c2n1. The van der Waals surface area contributed by atoms with Crippen molar-refractivity contribution in [3.63, 3.8) is 0 Å². The molecule has 1 fully saturated rings. The summed E-state index contributed by atoms with van der Waals surface area (Å²) in [4.78, 5) is 14.1. The Balaban J connectivity index is 0.000000188. The highest BCUT2D eigenvalue weighted by Gasteiger charge is 2.10. The maximum absolute atomic E-state index is 10.9. The van der Waals surface area contributed by atoms with Crippen LogP contribution in [-0.2, 0) is 7.05 Å². The van der Waals surface area contributed by atoms with Crippen LogP contribution in [0.15, 0.2) is 24.4 Å². The number of carboxylic acid groups (broad SMARTS) is 1. The van der Waals surface area contributed by atoms with Crippen LogP contribution in [0.2, 0.25) is 0 Å². The molecule has 0 amide bonds. The van der Waals surface area contributed by atoms with Crippen LogP contribution in [-0.4, -0.2) is 25.8 Å². The molecule has 0 aliphatic heterocycles. The van der Waals surface area contributed by atoms with Gasteiger partial charge in [-0.05, 0) is 24.1 Å². The van der Waals surface area contributed by atoms with Gasteiger partial charge in [0.1, 0.15) is 5.52 Å². The number of aromatic carboxylic acids is 1. The molecule has 2 aromatic heterocycles. The predicted octanol–water partition coefficient (Wildman–Crippen LogP) is 4.34. The van der Waals surface area contributed by atoms with E-state index in [1.165, 1.54) is 32.1 Å². The summed E-state index contributed by atoms with van der Waals surface area (Å²) in [6, 6.07) is 4.99. The summed E-state index contributed by atoms with van der Waals surface area (Å²) in [5.41, 5.74) is 2.91. The van der Waals surface area contributed by atoms with Crippen molar-refractivity contribution in [3.05, 3.63) is 30.0 Å². The van der Waals surface area contributed by atoms with E-state index in [-0.39, 0.29) is 5.56 Å². The van der Waals surface area contributed by atoms with Gasteiger partial charge in [-0.25, -0.2) is 4.79 Å². The van der Waals surface area contributed by atoms with Gasteiger partial charge in [-0.1, -0.05) is 39.0 Å². The maximum atomic E-state index is 10.9. The molecule has 3 aromatic rings. The molecule has 0 atom stereocenters. The van der Waals surface area contributed by atoms with Gasteiger partial charge in [-0.2, -0.15) is 5.10 Å². The van der Waals surface area contributed by atoms with Gasteiger partial charge in [-0.15, -0.1) is 0 Å². The van der Waals surface area contributed by atoms with Crippen LogP contribution >= 0.6 is 0 Å². The highest BCUT2D eigenvalue weighted by atomic mass is 16.4. The Labute approximate surface area is 135 Å². The zero-order valence-electron chi connectivity index (χ0n) is 13.7. The van der Waals surface area contributed by atoms with Gasteiger partial charge >= 0.3 is 5.97 Å². The van der Waals surface area contributed by atoms with Crippen molar-refractivity contribution in [2.75, 3.05) is 0 Å². The van der Waals surface area contributed by atoms with E-state index in [1.807, 2.05) is 13.2 Å². The fourth-order valence-electron chi connectivity index (χ4n) is 3.21. The van der Waals surface area contributed by atoms with Crippen molar-refractivity contribution in [2.45, 2.75) is 39.0 Å². The first kappa shape index (κ1) is 15.6. The Morgan fingerprint density at radius 2 is 2.00 bits per heavy atom. The zero-order chi connectivity index (χ0) is 16.4. The summed E-state index contributed by atoms with van der Waals surface area (Å²) < 4.78 is 1.70. The first-order valence-electron chi connectivity index (χ1n) is 8.23.